The van der Waals surface area contributed by atoms with Crippen molar-refractivity contribution in [3.8, 4) is 0 Å². The number of hydrogen-bond donors (Lipinski definition) is 2. The van der Waals surface area contributed by atoms with Crippen molar-refractivity contribution in [2.24, 2.45) is 5.73 Å². The van der Waals surface area contributed by atoms with Gasteiger partial charge in [0.25, 0.3) is 0 Å². The van der Waals surface area contributed by atoms with E-state index in [1.54, 1.807) is 12.4 Å². The minimum absolute atomic E-state index is 0.0285. The summed E-state index contributed by atoms with van der Waals surface area (Å²) in [6.07, 6.45) is 3.49. The van der Waals surface area contributed by atoms with Crippen LogP contribution in [0.4, 0.5) is 0 Å². The molecular formula is C8H10N4. The number of fused-ring (bicyclic) bond motifs is 1. The number of hydrogen-bond acceptors (Lipinski definition) is 3. The lowest BCUT2D eigenvalue weighted by atomic mass is 10.2. The molecule has 3 N–H and O–H groups in total. The molecule has 0 amide bonds. The van der Waals surface area contributed by atoms with Crippen LogP contribution in [0.25, 0.3) is 10.9 Å². The highest BCUT2D eigenvalue weighted by molar-refractivity contribution is 5.80. The number of pyridine rings is 1. The molecule has 0 fully saturated rings. The molecule has 4 nitrogen and oxygen atoms in total. The molecule has 0 spiro atoms. The monoisotopic (exact) mass is 162 g/mol. The van der Waals surface area contributed by atoms with E-state index in [9.17, 15) is 0 Å². The summed E-state index contributed by atoms with van der Waals surface area (Å²) in [5.41, 5.74) is 7.58. The van der Waals surface area contributed by atoms with Gasteiger partial charge >= 0.3 is 0 Å². The van der Waals surface area contributed by atoms with Crippen LogP contribution in [0.3, 0.4) is 0 Å². The number of rotatable bonds is 1. The van der Waals surface area contributed by atoms with Gasteiger partial charge in [0.05, 0.1) is 11.2 Å². The summed E-state index contributed by atoms with van der Waals surface area (Å²) in [6.45, 7) is 1.92. The molecule has 62 valence electrons. The van der Waals surface area contributed by atoms with Crippen LogP contribution in [-0.4, -0.2) is 15.2 Å². The van der Waals surface area contributed by atoms with Crippen molar-refractivity contribution >= 4 is 10.9 Å². The molecule has 0 aromatic carbocycles. The minimum atomic E-state index is -0.0285. The molecular weight excluding hydrogens is 152 g/mol. The molecule has 12 heavy (non-hydrogen) atoms. The van der Waals surface area contributed by atoms with E-state index in [1.807, 2.05) is 13.0 Å². The summed E-state index contributed by atoms with van der Waals surface area (Å²) in [4.78, 5) is 4.01. The Hall–Kier alpha value is -1.42. The maximum atomic E-state index is 5.73. The summed E-state index contributed by atoms with van der Waals surface area (Å²) in [5.74, 6) is 0. The van der Waals surface area contributed by atoms with Gasteiger partial charge in [-0.05, 0) is 13.0 Å². The van der Waals surface area contributed by atoms with Gasteiger partial charge in [-0.2, -0.15) is 5.10 Å². The van der Waals surface area contributed by atoms with Crippen molar-refractivity contribution in [2.75, 3.05) is 0 Å². The second-order valence-electron chi connectivity index (χ2n) is 2.82. The quantitative estimate of drug-likeness (QED) is 0.656. The Morgan fingerprint density at radius 3 is 3.17 bits per heavy atom. The first-order valence-electron chi connectivity index (χ1n) is 3.82. The van der Waals surface area contributed by atoms with Gasteiger partial charge in [0, 0.05) is 23.8 Å². The number of aromatic nitrogens is 3. The van der Waals surface area contributed by atoms with Crippen molar-refractivity contribution in [1.29, 1.82) is 0 Å². The van der Waals surface area contributed by atoms with E-state index in [-0.39, 0.29) is 6.04 Å². The lowest BCUT2D eigenvalue weighted by molar-refractivity contribution is 0.778. The molecule has 0 aliphatic carbocycles. The molecule has 2 heterocycles. The smallest absolute Gasteiger partial charge is 0.0955 e. The fourth-order valence-corrected chi connectivity index (χ4v) is 1.22. The molecule has 1 atom stereocenters. The zero-order chi connectivity index (χ0) is 8.55. The molecule has 0 saturated heterocycles. The number of H-pyrrole nitrogens is 1. The van der Waals surface area contributed by atoms with Gasteiger partial charge in [-0.3, -0.25) is 10.1 Å². The summed E-state index contributed by atoms with van der Waals surface area (Å²) < 4.78 is 0. The van der Waals surface area contributed by atoms with E-state index in [2.05, 4.69) is 15.2 Å². The van der Waals surface area contributed by atoms with E-state index < -0.39 is 0 Å². The van der Waals surface area contributed by atoms with Gasteiger partial charge in [0.1, 0.15) is 0 Å². The van der Waals surface area contributed by atoms with Crippen LogP contribution >= 0.6 is 0 Å². The van der Waals surface area contributed by atoms with Crippen molar-refractivity contribution < 1.29 is 0 Å². The van der Waals surface area contributed by atoms with Gasteiger partial charge in [0.2, 0.25) is 0 Å². The number of nitrogens with two attached hydrogens (primary N) is 1. The molecule has 0 aliphatic heterocycles. The summed E-state index contributed by atoms with van der Waals surface area (Å²) in [5, 5.41) is 8.00. The molecule has 0 aliphatic rings. The highest BCUT2D eigenvalue weighted by Crippen LogP contribution is 2.17. The average Bonchev–Trinajstić information content (AvgIpc) is 2.47. The molecule has 2 rings (SSSR count). The van der Waals surface area contributed by atoms with Crippen LogP contribution in [0.5, 0.6) is 0 Å². The molecule has 2 aromatic heterocycles. The van der Waals surface area contributed by atoms with Gasteiger partial charge in [0.15, 0.2) is 0 Å². The normalized spacial score (nSPS) is 13.5. The van der Waals surface area contributed by atoms with Gasteiger partial charge in [-0.15, -0.1) is 0 Å². The molecule has 4 heteroatoms. The predicted octanol–water partition coefficient (Wildman–Crippen LogP) is 0.978. The first-order chi connectivity index (χ1) is 5.79. The SMILES string of the molecule is CC(N)c1[nH]nc2ccncc12. The Labute approximate surface area is 69.8 Å². The van der Waals surface area contributed by atoms with Gasteiger partial charge in [-0.1, -0.05) is 0 Å². The van der Waals surface area contributed by atoms with Crippen LogP contribution in [-0.2, 0) is 0 Å². The van der Waals surface area contributed by atoms with E-state index in [0.29, 0.717) is 0 Å². The zero-order valence-corrected chi connectivity index (χ0v) is 6.78. The highest BCUT2D eigenvalue weighted by Gasteiger charge is 2.07. The molecule has 0 radical (unpaired) electrons. The van der Waals surface area contributed by atoms with Crippen LogP contribution in [0.1, 0.15) is 18.7 Å². The molecule has 1 unspecified atom stereocenters. The molecule has 0 bridgehead atoms. The number of nitrogens with zero attached hydrogens (tertiary/aromatic N) is 2. The third kappa shape index (κ3) is 0.967. The Balaban J connectivity index is 2.70. The fourth-order valence-electron chi connectivity index (χ4n) is 1.22. The lowest BCUT2D eigenvalue weighted by Crippen LogP contribution is -2.05. The van der Waals surface area contributed by atoms with Crippen molar-refractivity contribution in [1.82, 2.24) is 15.2 Å². The largest absolute Gasteiger partial charge is 0.323 e. The maximum Gasteiger partial charge on any atom is 0.0955 e. The van der Waals surface area contributed by atoms with Crippen LogP contribution < -0.4 is 5.73 Å². The predicted molar refractivity (Wildman–Crippen MR) is 46.5 cm³/mol. The molecule has 2 aromatic rings. The second-order valence-corrected chi connectivity index (χ2v) is 2.82. The summed E-state index contributed by atoms with van der Waals surface area (Å²) in [7, 11) is 0. The minimum Gasteiger partial charge on any atom is -0.323 e. The van der Waals surface area contributed by atoms with E-state index in [1.165, 1.54) is 0 Å². The van der Waals surface area contributed by atoms with Crippen molar-refractivity contribution in [2.45, 2.75) is 13.0 Å². The van der Waals surface area contributed by atoms with Crippen LogP contribution in [0.2, 0.25) is 0 Å². The number of aromatic amines is 1. The maximum absolute atomic E-state index is 5.73. The van der Waals surface area contributed by atoms with Gasteiger partial charge in [-0.25, -0.2) is 0 Å². The fraction of sp³-hybridized carbons (Fsp3) is 0.250. The van der Waals surface area contributed by atoms with E-state index in [4.69, 9.17) is 5.73 Å². The van der Waals surface area contributed by atoms with Crippen LogP contribution in [0, 0.1) is 0 Å². The Kier molecular flexibility index (Phi) is 1.55. The second kappa shape index (κ2) is 2.57. The van der Waals surface area contributed by atoms with E-state index >= 15 is 0 Å². The van der Waals surface area contributed by atoms with Crippen LogP contribution in [0.15, 0.2) is 18.5 Å². The Bertz CT molecular complexity index is 391. The van der Waals surface area contributed by atoms with E-state index in [0.717, 1.165) is 16.6 Å². The van der Waals surface area contributed by atoms with Crippen molar-refractivity contribution in [3.63, 3.8) is 0 Å². The zero-order valence-electron chi connectivity index (χ0n) is 6.78. The third-order valence-electron chi connectivity index (χ3n) is 1.84. The molecule has 0 saturated carbocycles. The highest BCUT2D eigenvalue weighted by atomic mass is 15.1. The average molecular weight is 162 g/mol. The topological polar surface area (TPSA) is 67.6 Å². The van der Waals surface area contributed by atoms with Crippen molar-refractivity contribution in [3.05, 3.63) is 24.2 Å². The Morgan fingerprint density at radius 1 is 1.58 bits per heavy atom. The summed E-state index contributed by atoms with van der Waals surface area (Å²) in [6, 6.07) is 1.83. The lowest BCUT2D eigenvalue weighted by Gasteiger charge is -1.99. The third-order valence-corrected chi connectivity index (χ3v) is 1.84. The first kappa shape index (κ1) is 7.24. The van der Waals surface area contributed by atoms with Gasteiger partial charge < -0.3 is 5.73 Å². The Morgan fingerprint density at radius 2 is 2.42 bits per heavy atom. The summed E-state index contributed by atoms with van der Waals surface area (Å²) >= 11 is 0. The first-order valence-corrected chi connectivity index (χ1v) is 3.82. The number of nitrogens with one attached hydrogen (secondary N) is 1. The standard InChI is InChI=1S/C8H10N4/c1-5(9)8-6-4-10-3-2-7(6)11-12-8/h2-5H,9H2,1H3,(H,11,12).